The number of aliphatic carboxylic acids is 1. The van der Waals surface area contributed by atoms with Crippen LogP contribution in [0.15, 0.2) is 0 Å². The van der Waals surface area contributed by atoms with Gasteiger partial charge >= 0.3 is 113 Å². The molecule has 0 amide bonds. The van der Waals surface area contributed by atoms with Gasteiger partial charge in [0.2, 0.25) is 0 Å². The molecule has 0 saturated carbocycles. The van der Waals surface area contributed by atoms with Crippen LogP contribution in [0.25, 0.3) is 0 Å². The van der Waals surface area contributed by atoms with Crippen LogP contribution in [0.4, 0.5) is 0 Å². The van der Waals surface area contributed by atoms with Crippen LogP contribution in [-0.4, -0.2) is 28.6 Å². The zero-order valence-electron chi connectivity index (χ0n) is 9.77. The van der Waals surface area contributed by atoms with E-state index in [0.717, 1.165) is 4.90 Å². The van der Waals surface area contributed by atoms with Gasteiger partial charge in [0.25, 0.3) is 0 Å². The first kappa shape index (κ1) is 18.4. The maximum absolute atomic E-state index is 11.1. The van der Waals surface area contributed by atoms with Crippen LogP contribution in [0.3, 0.4) is 0 Å². The van der Waals surface area contributed by atoms with Crippen LogP contribution in [0.1, 0.15) is 19.3 Å². The molecule has 10 heteroatoms. The second-order valence-electron chi connectivity index (χ2n) is 3.23. The van der Waals surface area contributed by atoms with Crippen LogP contribution in [0, 0.1) is 17.3 Å². The zero-order valence-corrected chi connectivity index (χ0v) is 12.5. The summed E-state index contributed by atoms with van der Waals surface area (Å²) in [5.74, 6) is 5.62. The van der Waals surface area contributed by atoms with E-state index in [9.17, 15) is 18.5 Å². The summed E-state index contributed by atoms with van der Waals surface area (Å²) < 4.78 is 30.9. The van der Waals surface area contributed by atoms with Gasteiger partial charge in [-0.3, -0.25) is 0 Å². The monoisotopic (exact) mass is 320 g/mol. The molecule has 0 fully saturated rings. The summed E-state index contributed by atoms with van der Waals surface area (Å²) in [5, 5.41) is 11.7. The van der Waals surface area contributed by atoms with Crippen molar-refractivity contribution in [2.75, 3.05) is 6.54 Å². The van der Waals surface area contributed by atoms with Crippen LogP contribution in [0.5, 0.6) is 0 Å². The Balaban J connectivity index is 4.48. The molecule has 1 atom stereocenters. The quantitative estimate of drug-likeness (QED) is 0.420. The molecule has 0 aliphatic heterocycles. The topological polar surface area (TPSA) is 104 Å². The minimum absolute atomic E-state index is 0.232. The Morgan fingerprint density at radius 1 is 1.16 bits per heavy atom. The number of hydrogen-bond donors (Lipinski definition) is 2. The van der Waals surface area contributed by atoms with E-state index in [1.54, 1.807) is 0 Å². The molecule has 0 rings (SSSR count). The molecule has 19 heavy (non-hydrogen) atoms. The van der Waals surface area contributed by atoms with Gasteiger partial charge in [-0.25, -0.2) is 0 Å². The first-order valence-electron chi connectivity index (χ1n) is 5.15. The number of unbranched alkanes of at least 4 members (excludes halogenated alkanes) is 1. The van der Waals surface area contributed by atoms with E-state index in [2.05, 4.69) is 22.6 Å². The number of nitrogens with zero attached hydrogens (tertiary/aromatic N) is 1. The Hall–Kier alpha value is -0.580. The van der Waals surface area contributed by atoms with Crippen molar-refractivity contribution in [3.05, 3.63) is 0 Å². The van der Waals surface area contributed by atoms with Gasteiger partial charge in [0, 0.05) is 0 Å². The molecule has 0 aromatic carbocycles. The Kier molecular flexibility index (Phi) is 12.1. The van der Waals surface area contributed by atoms with Crippen molar-refractivity contribution >= 4 is 29.7 Å². The number of carboxylic acid groups (broad SMARTS) is 1. The molecule has 0 aromatic heterocycles. The van der Waals surface area contributed by atoms with Crippen LogP contribution in [-0.2, 0) is 18.5 Å². The molecule has 0 saturated heterocycles. The van der Waals surface area contributed by atoms with Crippen LogP contribution in [0.2, 0.25) is 0 Å². The van der Waals surface area contributed by atoms with E-state index in [1.165, 1.54) is 0 Å². The van der Waals surface area contributed by atoms with E-state index in [-0.39, 0.29) is 14.3 Å². The van der Waals surface area contributed by atoms with Crippen molar-refractivity contribution in [3.63, 3.8) is 0 Å². The summed E-state index contributed by atoms with van der Waals surface area (Å²) in [7, 11) is -1.25. The number of hydrogen-bond acceptors (Lipinski definition) is 6. The molecule has 0 spiro atoms. The van der Waals surface area contributed by atoms with Gasteiger partial charge in [-0.2, -0.15) is 0 Å². The molecule has 7 nitrogen and oxygen atoms in total. The van der Waals surface area contributed by atoms with Crippen molar-refractivity contribution in [3.8, 4) is 17.3 Å². The van der Waals surface area contributed by atoms with Crippen molar-refractivity contribution in [2.45, 2.75) is 25.3 Å². The number of carboxylic acids is 1. The average Bonchev–Trinajstić information content (AvgIpc) is 2.37. The summed E-state index contributed by atoms with van der Waals surface area (Å²) >= 11 is 0. The number of rotatable bonds is 7. The first-order valence-corrected chi connectivity index (χ1v) is 7.59. The Morgan fingerprint density at radius 2 is 1.79 bits per heavy atom. The molecule has 0 aliphatic carbocycles. The van der Waals surface area contributed by atoms with Gasteiger partial charge in [0.05, 0.1) is 0 Å². The van der Waals surface area contributed by atoms with Crippen LogP contribution < -0.4 is 5.32 Å². The number of carbonyl (C=O) groups is 1. The van der Waals surface area contributed by atoms with E-state index in [4.69, 9.17) is 5.11 Å². The summed E-state index contributed by atoms with van der Waals surface area (Å²) in [5.41, 5.74) is 0. The molecule has 0 aromatic rings. The molecular formula is C9H11N2O5P3. The third-order valence-electron chi connectivity index (χ3n) is 2.05. The molecule has 0 radical (unpaired) electrons. The fraction of sp³-hybridized carbons (Fsp3) is 0.556. The second kappa shape index (κ2) is 12.5. The van der Waals surface area contributed by atoms with Gasteiger partial charge in [0.1, 0.15) is 0 Å². The minimum atomic E-state index is -1.14. The van der Waals surface area contributed by atoms with Crippen molar-refractivity contribution in [1.82, 2.24) is 10.2 Å². The second-order valence-corrected chi connectivity index (χ2v) is 4.40. The zero-order chi connectivity index (χ0) is 14.5. The molecule has 0 aliphatic rings. The fourth-order valence-electron chi connectivity index (χ4n) is 1.25. The Labute approximate surface area is 113 Å². The maximum atomic E-state index is 11.1. The van der Waals surface area contributed by atoms with Gasteiger partial charge in [-0.05, 0) is 0 Å². The molecule has 2 N–H and O–H groups in total. The molecule has 0 bridgehead atoms. The van der Waals surface area contributed by atoms with Crippen LogP contribution >= 0.6 is 23.7 Å². The first-order chi connectivity index (χ1) is 9.17. The summed E-state index contributed by atoms with van der Waals surface area (Å²) in [4.78, 5) is 12.0. The summed E-state index contributed by atoms with van der Waals surface area (Å²) in [6.07, 6.45) is 1.44. The predicted molar refractivity (Wildman–Crippen MR) is 69.6 cm³/mol. The Morgan fingerprint density at radius 3 is 2.26 bits per heavy atom. The Bertz CT molecular complexity index is 577. The van der Waals surface area contributed by atoms with E-state index in [0.29, 0.717) is 19.4 Å². The van der Waals surface area contributed by atoms with Gasteiger partial charge in [-0.15, -0.1) is 0 Å². The van der Waals surface area contributed by atoms with E-state index in [1.807, 2.05) is 0 Å². The van der Waals surface area contributed by atoms with Gasteiger partial charge in [0.15, 0.2) is 0 Å². The number of nitrogens with one attached hydrogen (secondary N) is 1. The summed E-state index contributed by atoms with van der Waals surface area (Å²) in [6.45, 7) is 0.516. The molecule has 0 heterocycles. The third kappa shape index (κ3) is 9.03. The predicted octanol–water partition coefficient (Wildman–Crippen LogP) is 2.13. The summed E-state index contributed by atoms with van der Waals surface area (Å²) in [6, 6.07) is -1.02. The third-order valence-corrected chi connectivity index (χ3v) is 2.89. The van der Waals surface area contributed by atoms with Crippen molar-refractivity contribution in [2.24, 2.45) is 0 Å². The standard InChI is InChI=1S/C9H11N2O5P3/c12-9(13)8(11(6-18-15)7-19-16)3-1-2-4-10-5-17-14/h8,10H,1-4H2,(H,12,13)/t8-/m0/s1. The van der Waals surface area contributed by atoms with Crippen molar-refractivity contribution in [1.29, 1.82) is 0 Å². The van der Waals surface area contributed by atoms with E-state index < -0.39 is 27.8 Å². The van der Waals surface area contributed by atoms with Gasteiger partial charge in [-0.1, -0.05) is 0 Å². The molecule has 0 unspecified atom stereocenters. The SMILES string of the molecule is O=P#CNCCCC[C@@H](C(=O)O)N(C#P=O)C#P=O. The fourth-order valence-corrected chi connectivity index (χ4v) is 2.06. The molecular weight excluding hydrogens is 309 g/mol. The molecule has 102 valence electrons. The average molecular weight is 320 g/mol. The van der Waals surface area contributed by atoms with Gasteiger partial charge < -0.3 is 0 Å². The van der Waals surface area contributed by atoms with E-state index >= 15 is 0 Å². The normalized spacial score (nSPS) is 10.8. The van der Waals surface area contributed by atoms with Crippen molar-refractivity contribution < 1.29 is 23.6 Å².